The fourth-order valence-electron chi connectivity index (χ4n) is 2.25. The summed E-state index contributed by atoms with van der Waals surface area (Å²) in [7, 11) is 0. The second kappa shape index (κ2) is 8.38. The second-order valence-electron chi connectivity index (χ2n) is 6.80. The lowest BCUT2D eigenvalue weighted by molar-refractivity contribution is 0.0508. The van der Waals surface area contributed by atoms with Gasteiger partial charge in [-0.05, 0) is 44.9 Å². The summed E-state index contributed by atoms with van der Waals surface area (Å²) >= 11 is 1.80. The summed E-state index contributed by atoms with van der Waals surface area (Å²) in [6, 6.07) is 10.4. The first-order chi connectivity index (χ1) is 11.4. The van der Waals surface area contributed by atoms with E-state index in [0.29, 0.717) is 0 Å². The number of hydrogen-bond donors (Lipinski definition) is 1. The maximum atomic E-state index is 11.9. The number of para-hydroxylation sites is 1. The summed E-state index contributed by atoms with van der Waals surface area (Å²) < 4.78 is 5.31. The van der Waals surface area contributed by atoms with Crippen molar-refractivity contribution < 1.29 is 9.53 Å². The molecule has 0 radical (unpaired) electrons. The number of hydrogen-bond acceptors (Lipinski definition) is 4. The van der Waals surface area contributed by atoms with E-state index >= 15 is 0 Å². The Morgan fingerprint density at radius 1 is 1.33 bits per heavy atom. The van der Waals surface area contributed by atoms with Gasteiger partial charge in [0.1, 0.15) is 5.60 Å². The minimum Gasteiger partial charge on any atom is -0.444 e. The molecule has 1 aromatic carbocycles. The Morgan fingerprint density at radius 3 is 2.79 bits per heavy atom. The van der Waals surface area contributed by atoms with Crippen LogP contribution in [0.2, 0.25) is 0 Å². The Labute approximate surface area is 148 Å². The molecule has 1 amide bonds. The van der Waals surface area contributed by atoms with Crippen LogP contribution in [0.15, 0.2) is 36.5 Å². The van der Waals surface area contributed by atoms with Gasteiger partial charge in [0.25, 0.3) is 0 Å². The first kappa shape index (κ1) is 18.6. The molecule has 1 N–H and O–H groups in total. The van der Waals surface area contributed by atoms with Crippen molar-refractivity contribution in [1.82, 2.24) is 10.3 Å². The standard InChI is InChI=1S/C19H26N2O2S/c1-5-16(21-18(22)23-19(2,3)4)13-24-12-14-10-15-8-6-7-9-17(15)20-11-14/h6-11,16H,5,12-13H2,1-4H3,(H,21,22)/t16-/m0/s1. The van der Waals surface area contributed by atoms with Crippen LogP contribution < -0.4 is 5.32 Å². The van der Waals surface area contributed by atoms with E-state index in [1.165, 1.54) is 5.56 Å². The van der Waals surface area contributed by atoms with Crippen molar-refractivity contribution in [3.63, 3.8) is 0 Å². The van der Waals surface area contributed by atoms with Crippen molar-refractivity contribution in [2.24, 2.45) is 0 Å². The Balaban J connectivity index is 1.83. The predicted octanol–water partition coefficient (Wildman–Crippen LogP) is 4.77. The number of carbonyl (C=O) groups excluding carboxylic acids is 1. The third kappa shape index (κ3) is 6.04. The Hall–Kier alpha value is -1.75. The molecule has 0 aliphatic heterocycles. The normalized spacial score (nSPS) is 12.8. The van der Waals surface area contributed by atoms with Crippen LogP contribution in [0.3, 0.4) is 0 Å². The van der Waals surface area contributed by atoms with Crippen molar-refractivity contribution >= 4 is 28.8 Å². The summed E-state index contributed by atoms with van der Waals surface area (Å²) in [5.74, 6) is 1.73. The zero-order valence-corrected chi connectivity index (χ0v) is 15.7. The van der Waals surface area contributed by atoms with Gasteiger partial charge >= 0.3 is 6.09 Å². The maximum Gasteiger partial charge on any atom is 0.407 e. The number of nitrogens with zero attached hydrogens (tertiary/aromatic N) is 1. The van der Waals surface area contributed by atoms with Crippen LogP contribution in [0.1, 0.15) is 39.7 Å². The van der Waals surface area contributed by atoms with Gasteiger partial charge in [-0.25, -0.2) is 4.79 Å². The molecule has 0 saturated heterocycles. The largest absolute Gasteiger partial charge is 0.444 e. The molecular formula is C19H26N2O2S. The molecular weight excluding hydrogens is 320 g/mol. The van der Waals surface area contributed by atoms with E-state index < -0.39 is 5.60 Å². The van der Waals surface area contributed by atoms with Gasteiger partial charge in [-0.2, -0.15) is 11.8 Å². The average molecular weight is 346 g/mol. The molecule has 0 fully saturated rings. The number of alkyl carbamates (subject to hydrolysis) is 1. The SMILES string of the molecule is CC[C@@H](CSCc1cnc2ccccc2c1)NC(=O)OC(C)(C)C. The van der Waals surface area contributed by atoms with Gasteiger partial charge in [-0.1, -0.05) is 25.1 Å². The number of ether oxygens (including phenoxy) is 1. The van der Waals surface area contributed by atoms with Crippen LogP contribution in [0.25, 0.3) is 10.9 Å². The Kier molecular flexibility index (Phi) is 6.49. The molecule has 1 aromatic heterocycles. The maximum absolute atomic E-state index is 11.9. The van der Waals surface area contributed by atoms with Crippen molar-refractivity contribution in [1.29, 1.82) is 0 Å². The highest BCUT2D eigenvalue weighted by molar-refractivity contribution is 7.98. The van der Waals surface area contributed by atoms with E-state index in [-0.39, 0.29) is 12.1 Å². The van der Waals surface area contributed by atoms with E-state index in [4.69, 9.17) is 4.74 Å². The van der Waals surface area contributed by atoms with Gasteiger partial charge in [0.2, 0.25) is 0 Å². The molecule has 0 bridgehead atoms. The summed E-state index contributed by atoms with van der Waals surface area (Å²) in [6.45, 7) is 7.68. The van der Waals surface area contributed by atoms with Crippen molar-refractivity contribution in [2.75, 3.05) is 5.75 Å². The van der Waals surface area contributed by atoms with Crippen molar-refractivity contribution in [2.45, 2.75) is 51.5 Å². The third-order valence-electron chi connectivity index (χ3n) is 3.45. The van der Waals surface area contributed by atoms with Crippen LogP contribution in [0, 0.1) is 0 Å². The third-order valence-corrected chi connectivity index (χ3v) is 4.62. The summed E-state index contributed by atoms with van der Waals surface area (Å²) in [5.41, 5.74) is 1.75. The van der Waals surface area contributed by atoms with E-state index in [0.717, 1.165) is 28.8 Å². The van der Waals surface area contributed by atoms with Gasteiger partial charge in [0, 0.05) is 29.1 Å². The van der Waals surface area contributed by atoms with Gasteiger partial charge in [-0.15, -0.1) is 0 Å². The number of thioether (sulfide) groups is 1. The number of benzene rings is 1. The average Bonchev–Trinajstić information content (AvgIpc) is 2.52. The molecule has 0 aliphatic carbocycles. The molecule has 0 aliphatic rings. The number of fused-ring (bicyclic) bond motifs is 1. The van der Waals surface area contributed by atoms with Crippen molar-refractivity contribution in [3.05, 3.63) is 42.1 Å². The van der Waals surface area contributed by atoms with Crippen LogP contribution in [0.4, 0.5) is 4.79 Å². The number of rotatable bonds is 6. The molecule has 2 aromatic rings. The monoisotopic (exact) mass is 346 g/mol. The molecule has 4 nitrogen and oxygen atoms in total. The minimum atomic E-state index is -0.466. The van der Waals surface area contributed by atoms with E-state index in [1.807, 2.05) is 45.2 Å². The Bertz CT molecular complexity index is 682. The highest BCUT2D eigenvalue weighted by Crippen LogP contribution is 2.18. The number of pyridine rings is 1. The molecule has 5 heteroatoms. The smallest absolute Gasteiger partial charge is 0.407 e. The first-order valence-corrected chi connectivity index (χ1v) is 9.44. The lowest BCUT2D eigenvalue weighted by atomic mass is 10.2. The van der Waals surface area contributed by atoms with E-state index in [2.05, 4.69) is 29.4 Å². The number of amides is 1. The predicted molar refractivity (Wildman–Crippen MR) is 101 cm³/mol. The zero-order valence-electron chi connectivity index (χ0n) is 14.8. The van der Waals surface area contributed by atoms with Crippen LogP contribution in [-0.4, -0.2) is 28.5 Å². The lowest BCUT2D eigenvalue weighted by Gasteiger charge is -2.23. The second-order valence-corrected chi connectivity index (χ2v) is 7.83. The fraction of sp³-hybridized carbons (Fsp3) is 0.474. The van der Waals surface area contributed by atoms with E-state index in [9.17, 15) is 4.79 Å². The van der Waals surface area contributed by atoms with Gasteiger partial charge in [0.15, 0.2) is 0 Å². The highest BCUT2D eigenvalue weighted by Gasteiger charge is 2.18. The molecule has 1 atom stereocenters. The highest BCUT2D eigenvalue weighted by atomic mass is 32.2. The molecule has 2 rings (SSSR count). The molecule has 24 heavy (non-hydrogen) atoms. The topological polar surface area (TPSA) is 51.2 Å². The summed E-state index contributed by atoms with van der Waals surface area (Å²) in [6.07, 6.45) is 2.46. The van der Waals surface area contributed by atoms with Gasteiger partial charge in [0.05, 0.1) is 5.52 Å². The fourth-order valence-corrected chi connectivity index (χ4v) is 3.37. The minimum absolute atomic E-state index is 0.110. The number of carbonyl (C=O) groups is 1. The summed E-state index contributed by atoms with van der Waals surface area (Å²) in [4.78, 5) is 16.3. The molecule has 130 valence electrons. The number of nitrogens with one attached hydrogen (secondary N) is 1. The molecule has 0 spiro atoms. The van der Waals surface area contributed by atoms with Gasteiger partial charge < -0.3 is 10.1 Å². The van der Waals surface area contributed by atoms with Crippen LogP contribution >= 0.6 is 11.8 Å². The molecule has 0 saturated carbocycles. The zero-order chi connectivity index (χ0) is 17.6. The number of aromatic nitrogens is 1. The first-order valence-electron chi connectivity index (χ1n) is 8.28. The summed E-state index contributed by atoms with van der Waals surface area (Å²) in [5, 5.41) is 4.10. The van der Waals surface area contributed by atoms with E-state index in [1.54, 1.807) is 11.8 Å². The van der Waals surface area contributed by atoms with Crippen LogP contribution in [-0.2, 0) is 10.5 Å². The molecule has 0 unspecified atom stereocenters. The quantitative estimate of drug-likeness (QED) is 0.818. The van der Waals surface area contributed by atoms with Crippen molar-refractivity contribution in [3.8, 4) is 0 Å². The van der Waals surface area contributed by atoms with Gasteiger partial charge in [-0.3, -0.25) is 4.98 Å². The van der Waals surface area contributed by atoms with Crippen LogP contribution in [0.5, 0.6) is 0 Å². The molecule has 1 heterocycles. The lowest BCUT2D eigenvalue weighted by Crippen LogP contribution is -2.40. The Morgan fingerprint density at radius 2 is 2.08 bits per heavy atom.